The summed E-state index contributed by atoms with van der Waals surface area (Å²) in [5, 5.41) is 10.3. The SMILES string of the molecule is N=c1c2c(-c3ccccc3)c(-c3ccccc3)oc2ncn1N1C(=O)c2ccccc2C1=O. The Labute approximate surface area is 187 Å². The second-order valence-electron chi connectivity index (χ2n) is 7.62. The Bertz CT molecular complexity index is 1580. The van der Waals surface area contributed by atoms with Crippen molar-refractivity contribution >= 4 is 22.9 Å². The molecule has 0 unspecified atom stereocenters. The smallest absolute Gasteiger partial charge is 0.281 e. The average Bonchev–Trinajstić information content (AvgIpc) is 3.37. The summed E-state index contributed by atoms with van der Waals surface area (Å²) in [6, 6.07) is 25.8. The van der Waals surface area contributed by atoms with Gasteiger partial charge in [-0.25, -0.2) is 9.66 Å². The number of amides is 2. The van der Waals surface area contributed by atoms with Crippen LogP contribution in [0.25, 0.3) is 33.6 Å². The molecule has 0 bridgehead atoms. The maximum absolute atomic E-state index is 13.0. The van der Waals surface area contributed by atoms with Crippen molar-refractivity contribution in [1.82, 2.24) is 9.66 Å². The number of aromatic nitrogens is 2. The second kappa shape index (κ2) is 7.13. The van der Waals surface area contributed by atoms with Gasteiger partial charge in [-0.05, 0) is 17.7 Å². The van der Waals surface area contributed by atoms with Gasteiger partial charge in [0.05, 0.1) is 16.5 Å². The van der Waals surface area contributed by atoms with Crippen LogP contribution in [0.5, 0.6) is 0 Å². The fourth-order valence-electron chi connectivity index (χ4n) is 4.21. The molecule has 0 atom stereocenters. The maximum atomic E-state index is 13.0. The van der Waals surface area contributed by atoms with Crippen molar-refractivity contribution in [3.63, 3.8) is 0 Å². The highest BCUT2D eigenvalue weighted by Crippen LogP contribution is 2.38. The highest BCUT2D eigenvalue weighted by atomic mass is 16.3. The molecule has 7 nitrogen and oxygen atoms in total. The molecule has 1 aliphatic heterocycles. The Morgan fingerprint density at radius 1 is 0.727 bits per heavy atom. The maximum Gasteiger partial charge on any atom is 0.281 e. The Hall–Kier alpha value is -4.78. The number of rotatable bonds is 3. The van der Waals surface area contributed by atoms with Gasteiger partial charge in [0.1, 0.15) is 12.1 Å². The van der Waals surface area contributed by atoms with Gasteiger partial charge in [0, 0.05) is 11.1 Å². The zero-order valence-electron chi connectivity index (χ0n) is 17.2. The quantitative estimate of drug-likeness (QED) is 0.429. The molecular weight excluding hydrogens is 416 g/mol. The lowest BCUT2D eigenvalue weighted by atomic mass is 10.00. The van der Waals surface area contributed by atoms with Gasteiger partial charge in [-0.3, -0.25) is 15.0 Å². The van der Waals surface area contributed by atoms with E-state index in [0.29, 0.717) is 27.8 Å². The fraction of sp³-hybridized carbons (Fsp3) is 0. The number of furan rings is 1. The van der Waals surface area contributed by atoms with E-state index in [4.69, 9.17) is 9.83 Å². The summed E-state index contributed by atoms with van der Waals surface area (Å²) in [6.45, 7) is 0. The van der Waals surface area contributed by atoms with Crippen molar-refractivity contribution in [3.05, 3.63) is 108 Å². The molecule has 0 saturated heterocycles. The van der Waals surface area contributed by atoms with Gasteiger partial charge in [0.15, 0.2) is 5.49 Å². The molecule has 0 spiro atoms. The van der Waals surface area contributed by atoms with Crippen LogP contribution in [-0.4, -0.2) is 21.5 Å². The molecule has 5 aromatic rings. The van der Waals surface area contributed by atoms with E-state index in [1.54, 1.807) is 24.3 Å². The molecule has 3 aromatic carbocycles. The van der Waals surface area contributed by atoms with Gasteiger partial charge in [-0.2, -0.15) is 5.01 Å². The Kier molecular flexibility index (Phi) is 4.10. The zero-order valence-corrected chi connectivity index (χ0v) is 17.2. The third-order valence-corrected chi connectivity index (χ3v) is 5.73. The summed E-state index contributed by atoms with van der Waals surface area (Å²) in [5.41, 5.74) is 3.14. The number of benzene rings is 3. The van der Waals surface area contributed by atoms with Crippen LogP contribution in [0.15, 0.2) is 95.7 Å². The second-order valence-corrected chi connectivity index (χ2v) is 7.62. The molecule has 0 aliphatic carbocycles. The summed E-state index contributed by atoms with van der Waals surface area (Å²) in [7, 11) is 0. The Balaban J connectivity index is 1.63. The molecule has 2 amide bonds. The standard InChI is InChI=1S/C26H16N4O3/c27-23-21-20(16-9-3-1-4-10-16)22(17-11-5-2-6-12-17)33-24(21)28-15-29(23)30-25(31)18-13-7-8-14-19(18)26(30)32/h1-15,27H. The van der Waals surface area contributed by atoms with E-state index >= 15 is 0 Å². The number of nitrogens with zero attached hydrogens (tertiary/aromatic N) is 3. The van der Waals surface area contributed by atoms with Gasteiger partial charge in [0.2, 0.25) is 5.71 Å². The van der Waals surface area contributed by atoms with Crippen LogP contribution in [-0.2, 0) is 0 Å². The minimum atomic E-state index is -0.497. The Morgan fingerprint density at radius 2 is 1.27 bits per heavy atom. The van der Waals surface area contributed by atoms with Crippen LogP contribution in [0.3, 0.4) is 0 Å². The molecule has 158 valence electrons. The van der Waals surface area contributed by atoms with Crippen molar-refractivity contribution in [2.75, 3.05) is 5.01 Å². The number of nitrogens with one attached hydrogen (secondary N) is 1. The Morgan fingerprint density at radius 3 is 1.88 bits per heavy atom. The lowest BCUT2D eigenvalue weighted by Crippen LogP contribution is -2.46. The van der Waals surface area contributed by atoms with E-state index in [-0.39, 0.29) is 11.2 Å². The first kappa shape index (κ1) is 18.9. The first-order valence-corrected chi connectivity index (χ1v) is 10.3. The molecule has 0 fully saturated rings. The topological polar surface area (TPSA) is 92.2 Å². The molecule has 1 aliphatic rings. The molecule has 3 heterocycles. The van der Waals surface area contributed by atoms with E-state index in [1.165, 1.54) is 11.0 Å². The zero-order chi connectivity index (χ0) is 22.5. The summed E-state index contributed by atoms with van der Waals surface area (Å²) < 4.78 is 7.31. The van der Waals surface area contributed by atoms with Crippen molar-refractivity contribution in [2.45, 2.75) is 0 Å². The van der Waals surface area contributed by atoms with Crippen molar-refractivity contribution in [2.24, 2.45) is 0 Å². The first-order valence-electron chi connectivity index (χ1n) is 10.3. The lowest BCUT2D eigenvalue weighted by molar-refractivity contribution is 0.0883. The van der Waals surface area contributed by atoms with Crippen LogP contribution in [0, 0.1) is 5.41 Å². The fourth-order valence-corrected chi connectivity index (χ4v) is 4.21. The molecular formula is C26H16N4O3. The van der Waals surface area contributed by atoms with Crippen LogP contribution in [0.1, 0.15) is 20.7 Å². The summed E-state index contributed by atoms with van der Waals surface area (Å²) >= 11 is 0. The van der Waals surface area contributed by atoms with Gasteiger partial charge in [-0.1, -0.05) is 72.8 Å². The van der Waals surface area contributed by atoms with Gasteiger partial charge in [0.25, 0.3) is 11.8 Å². The van der Waals surface area contributed by atoms with Crippen LogP contribution in [0.2, 0.25) is 0 Å². The van der Waals surface area contributed by atoms with E-state index < -0.39 is 11.8 Å². The highest BCUT2D eigenvalue weighted by Gasteiger charge is 2.37. The first-order chi connectivity index (χ1) is 16.1. The number of hydrogen-bond acceptors (Lipinski definition) is 5. The minimum absolute atomic E-state index is 0.0701. The number of imide groups is 1. The van der Waals surface area contributed by atoms with E-state index in [0.717, 1.165) is 16.1 Å². The van der Waals surface area contributed by atoms with E-state index in [2.05, 4.69) is 4.98 Å². The molecule has 0 radical (unpaired) electrons. The summed E-state index contributed by atoms with van der Waals surface area (Å²) in [4.78, 5) is 30.4. The molecule has 33 heavy (non-hydrogen) atoms. The number of carbonyl (C=O) groups excluding carboxylic acids is 2. The number of hydrogen-bond donors (Lipinski definition) is 1. The lowest BCUT2D eigenvalue weighted by Gasteiger charge is -2.17. The van der Waals surface area contributed by atoms with Crippen LogP contribution < -0.4 is 10.5 Å². The van der Waals surface area contributed by atoms with Crippen LogP contribution in [0.4, 0.5) is 0 Å². The molecule has 0 saturated carbocycles. The largest absolute Gasteiger partial charge is 0.437 e. The monoisotopic (exact) mass is 432 g/mol. The highest BCUT2D eigenvalue weighted by molar-refractivity contribution is 6.30. The number of carbonyl (C=O) groups is 2. The summed E-state index contributed by atoms with van der Waals surface area (Å²) in [5.74, 6) is -0.426. The van der Waals surface area contributed by atoms with Gasteiger partial charge in [-0.15, -0.1) is 0 Å². The summed E-state index contributed by atoms with van der Waals surface area (Å²) in [6.07, 6.45) is 1.28. The van der Waals surface area contributed by atoms with Crippen molar-refractivity contribution < 1.29 is 14.0 Å². The molecule has 1 N–H and O–H groups in total. The third kappa shape index (κ3) is 2.76. The predicted octanol–water partition coefficient (Wildman–Crippen LogP) is 4.37. The third-order valence-electron chi connectivity index (χ3n) is 5.73. The van der Waals surface area contributed by atoms with Crippen LogP contribution >= 0.6 is 0 Å². The van der Waals surface area contributed by atoms with Gasteiger partial charge >= 0.3 is 0 Å². The molecule has 6 rings (SSSR count). The van der Waals surface area contributed by atoms with E-state index in [9.17, 15) is 9.59 Å². The minimum Gasteiger partial charge on any atom is -0.437 e. The normalized spacial score (nSPS) is 13.0. The number of fused-ring (bicyclic) bond motifs is 2. The predicted molar refractivity (Wildman–Crippen MR) is 122 cm³/mol. The average molecular weight is 432 g/mol. The molecule has 2 aromatic heterocycles. The van der Waals surface area contributed by atoms with Gasteiger partial charge < -0.3 is 4.42 Å². The van der Waals surface area contributed by atoms with E-state index in [1.807, 2.05) is 60.7 Å². The molecule has 7 heteroatoms. The van der Waals surface area contributed by atoms with Crippen molar-refractivity contribution in [3.8, 4) is 22.5 Å². The van der Waals surface area contributed by atoms with Crippen molar-refractivity contribution in [1.29, 1.82) is 5.41 Å².